The van der Waals surface area contributed by atoms with Crippen molar-refractivity contribution in [2.75, 3.05) is 11.9 Å². The summed E-state index contributed by atoms with van der Waals surface area (Å²) in [7, 11) is 2.09. The van der Waals surface area contributed by atoms with Crippen molar-refractivity contribution in [1.82, 2.24) is 4.98 Å². The molecule has 1 aliphatic carbocycles. The minimum absolute atomic E-state index is 0.283. The number of nitrogens with two attached hydrogens (primary N) is 1. The summed E-state index contributed by atoms with van der Waals surface area (Å²) in [6.45, 7) is 0. The van der Waals surface area contributed by atoms with Crippen molar-refractivity contribution < 1.29 is 5.11 Å². The third-order valence-electron chi connectivity index (χ3n) is 4.35. The second-order valence-electron chi connectivity index (χ2n) is 5.72. The summed E-state index contributed by atoms with van der Waals surface area (Å²) in [5.74, 6) is 1.23. The number of nitrogens with zero attached hydrogens (tertiary/aromatic N) is 2. The standard InChI is InChI=1S/C16H21N3O/c1-19(13-5-3-12(17)4-6-13)16-15-10-14(20)7-2-11(15)8-9-18-16/h2,7-10,12-13,20H,3-6,17H2,1H3. The predicted octanol–water partition coefficient (Wildman–Crippen LogP) is 2.65. The van der Waals surface area contributed by atoms with Gasteiger partial charge >= 0.3 is 0 Å². The van der Waals surface area contributed by atoms with Gasteiger partial charge < -0.3 is 15.7 Å². The minimum atomic E-state index is 0.283. The molecule has 0 atom stereocenters. The molecule has 2 aromatic rings. The summed E-state index contributed by atoms with van der Waals surface area (Å²) in [6, 6.07) is 8.25. The van der Waals surface area contributed by atoms with Crippen molar-refractivity contribution in [2.45, 2.75) is 37.8 Å². The van der Waals surface area contributed by atoms with Gasteiger partial charge in [0.25, 0.3) is 0 Å². The van der Waals surface area contributed by atoms with Gasteiger partial charge in [-0.05, 0) is 49.3 Å². The molecule has 0 radical (unpaired) electrons. The van der Waals surface area contributed by atoms with Crippen molar-refractivity contribution in [3.63, 3.8) is 0 Å². The fourth-order valence-corrected chi connectivity index (χ4v) is 3.08. The molecule has 3 N–H and O–H groups in total. The quantitative estimate of drug-likeness (QED) is 0.881. The monoisotopic (exact) mass is 271 g/mol. The van der Waals surface area contributed by atoms with E-state index >= 15 is 0 Å². The van der Waals surface area contributed by atoms with Crippen molar-refractivity contribution in [3.05, 3.63) is 30.5 Å². The predicted molar refractivity (Wildman–Crippen MR) is 82.0 cm³/mol. The fraction of sp³-hybridized carbons (Fsp3) is 0.438. The van der Waals surface area contributed by atoms with E-state index in [9.17, 15) is 5.11 Å². The van der Waals surface area contributed by atoms with Crippen LogP contribution in [0.25, 0.3) is 10.8 Å². The van der Waals surface area contributed by atoms with Gasteiger partial charge in [0.1, 0.15) is 11.6 Å². The van der Waals surface area contributed by atoms with Crippen molar-refractivity contribution in [1.29, 1.82) is 0 Å². The zero-order chi connectivity index (χ0) is 14.1. The molecule has 1 aromatic heterocycles. The van der Waals surface area contributed by atoms with Crippen LogP contribution >= 0.6 is 0 Å². The molecule has 0 spiro atoms. The molecular weight excluding hydrogens is 250 g/mol. The molecule has 3 rings (SSSR count). The van der Waals surface area contributed by atoms with Crippen LogP contribution in [0.1, 0.15) is 25.7 Å². The number of phenolic OH excluding ortho intramolecular Hbond substituents is 1. The molecule has 106 valence electrons. The number of anilines is 1. The number of rotatable bonds is 2. The highest BCUT2D eigenvalue weighted by molar-refractivity contribution is 5.93. The third-order valence-corrected chi connectivity index (χ3v) is 4.35. The van der Waals surface area contributed by atoms with Crippen LogP contribution in [0.5, 0.6) is 5.75 Å². The summed E-state index contributed by atoms with van der Waals surface area (Å²) in [6.07, 6.45) is 6.19. The molecule has 1 aromatic carbocycles. The maximum atomic E-state index is 9.72. The Bertz CT molecular complexity index is 606. The lowest BCUT2D eigenvalue weighted by Crippen LogP contribution is -2.39. The first kappa shape index (κ1) is 13.2. The molecular formula is C16H21N3O. The van der Waals surface area contributed by atoms with Crippen LogP contribution in [0.4, 0.5) is 5.82 Å². The van der Waals surface area contributed by atoms with Crippen LogP contribution in [-0.2, 0) is 0 Å². The van der Waals surface area contributed by atoms with E-state index in [1.807, 2.05) is 18.3 Å². The van der Waals surface area contributed by atoms with Crippen molar-refractivity contribution in [3.8, 4) is 5.75 Å². The van der Waals surface area contributed by atoms with Crippen molar-refractivity contribution >= 4 is 16.6 Å². The van der Waals surface area contributed by atoms with E-state index in [2.05, 4.69) is 16.9 Å². The number of phenols is 1. The number of fused-ring (bicyclic) bond motifs is 1. The van der Waals surface area contributed by atoms with E-state index < -0.39 is 0 Å². The minimum Gasteiger partial charge on any atom is -0.508 e. The van der Waals surface area contributed by atoms with Crippen LogP contribution in [0.2, 0.25) is 0 Å². The van der Waals surface area contributed by atoms with Gasteiger partial charge in [0, 0.05) is 30.7 Å². The number of pyridine rings is 1. The molecule has 1 aliphatic rings. The van der Waals surface area contributed by atoms with Gasteiger partial charge in [0.15, 0.2) is 0 Å². The Labute approximate surface area is 119 Å². The van der Waals surface area contributed by atoms with Crippen molar-refractivity contribution in [2.24, 2.45) is 5.73 Å². The molecule has 1 heterocycles. The highest BCUT2D eigenvalue weighted by Crippen LogP contribution is 2.31. The molecule has 20 heavy (non-hydrogen) atoms. The number of aromatic nitrogens is 1. The van der Waals surface area contributed by atoms with Crippen LogP contribution in [0, 0.1) is 0 Å². The Balaban J connectivity index is 1.95. The number of benzene rings is 1. The number of aromatic hydroxyl groups is 1. The van der Waals surface area contributed by atoms with Gasteiger partial charge in [-0.15, -0.1) is 0 Å². The second kappa shape index (κ2) is 5.29. The normalized spacial score (nSPS) is 22.9. The van der Waals surface area contributed by atoms with Crippen LogP contribution < -0.4 is 10.6 Å². The van der Waals surface area contributed by atoms with Gasteiger partial charge in [-0.2, -0.15) is 0 Å². The van der Waals surface area contributed by atoms with E-state index in [0.29, 0.717) is 12.1 Å². The number of hydrogen-bond acceptors (Lipinski definition) is 4. The Hall–Kier alpha value is -1.81. The van der Waals surface area contributed by atoms with Crippen LogP contribution in [0.15, 0.2) is 30.5 Å². The SMILES string of the molecule is CN(c1nccc2ccc(O)cc12)C1CCC(N)CC1. The molecule has 0 bridgehead atoms. The Morgan fingerprint density at radius 2 is 1.95 bits per heavy atom. The summed E-state index contributed by atoms with van der Waals surface area (Å²) >= 11 is 0. The van der Waals surface area contributed by atoms with Gasteiger partial charge in [-0.25, -0.2) is 4.98 Å². The molecule has 1 fully saturated rings. The van der Waals surface area contributed by atoms with Crippen LogP contribution in [-0.4, -0.2) is 29.2 Å². The highest BCUT2D eigenvalue weighted by Gasteiger charge is 2.23. The van der Waals surface area contributed by atoms with Crippen LogP contribution in [0.3, 0.4) is 0 Å². The first-order valence-corrected chi connectivity index (χ1v) is 7.21. The maximum absolute atomic E-state index is 9.72. The molecule has 0 saturated heterocycles. The lowest BCUT2D eigenvalue weighted by atomic mass is 9.91. The van der Waals surface area contributed by atoms with E-state index in [4.69, 9.17) is 5.73 Å². The Kier molecular flexibility index (Phi) is 3.49. The lowest BCUT2D eigenvalue weighted by molar-refractivity contribution is 0.384. The molecule has 0 aliphatic heterocycles. The van der Waals surface area contributed by atoms with Gasteiger partial charge in [0.05, 0.1) is 0 Å². The average Bonchev–Trinajstić information content (AvgIpc) is 2.46. The smallest absolute Gasteiger partial charge is 0.136 e. The Morgan fingerprint density at radius 1 is 1.20 bits per heavy atom. The van der Waals surface area contributed by atoms with E-state index in [-0.39, 0.29) is 5.75 Å². The highest BCUT2D eigenvalue weighted by atomic mass is 16.3. The van der Waals surface area contributed by atoms with E-state index in [1.54, 1.807) is 12.1 Å². The van der Waals surface area contributed by atoms with E-state index in [1.165, 1.54) is 0 Å². The Morgan fingerprint density at radius 3 is 2.70 bits per heavy atom. The molecule has 0 amide bonds. The zero-order valence-electron chi connectivity index (χ0n) is 11.8. The fourth-order valence-electron chi connectivity index (χ4n) is 3.08. The topological polar surface area (TPSA) is 62.4 Å². The summed E-state index contributed by atoms with van der Waals surface area (Å²) in [5.41, 5.74) is 5.98. The summed E-state index contributed by atoms with van der Waals surface area (Å²) in [4.78, 5) is 6.77. The molecule has 1 saturated carbocycles. The summed E-state index contributed by atoms with van der Waals surface area (Å²) < 4.78 is 0. The molecule has 0 unspecified atom stereocenters. The lowest BCUT2D eigenvalue weighted by Gasteiger charge is -2.34. The van der Waals surface area contributed by atoms with Gasteiger partial charge in [-0.3, -0.25) is 0 Å². The first-order valence-electron chi connectivity index (χ1n) is 7.21. The van der Waals surface area contributed by atoms with Gasteiger partial charge in [-0.1, -0.05) is 6.07 Å². The third kappa shape index (κ3) is 2.43. The zero-order valence-corrected chi connectivity index (χ0v) is 11.8. The molecule has 4 nitrogen and oxygen atoms in total. The first-order chi connectivity index (χ1) is 9.65. The van der Waals surface area contributed by atoms with E-state index in [0.717, 1.165) is 42.3 Å². The summed E-state index contributed by atoms with van der Waals surface area (Å²) in [5, 5.41) is 11.8. The second-order valence-corrected chi connectivity index (χ2v) is 5.72. The average molecular weight is 271 g/mol. The van der Waals surface area contributed by atoms with Gasteiger partial charge in [0.2, 0.25) is 0 Å². The maximum Gasteiger partial charge on any atom is 0.136 e. The largest absolute Gasteiger partial charge is 0.508 e. The molecule has 4 heteroatoms. The number of hydrogen-bond donors (Lipinski definition) is 2.